The second-order valence-electron chi connectivity index (χ2n) is 5.85. The average Bonchev–Trinajstić information content (AvgIpc) is 2.82. The maximum absolute atomic E-state index is 12.4. The fourth-order valence-electron chi connectivity index (χ4n) is 3.00. The summed E-state index contributed by atoms with van der Waals surface area (Å²) in [6.45, 7) is 3.15. The molecule has 1 aliphatic carbocycles. The SMILES string of the molecule is CNCc1cc(S(=O)(=O)NCCC2CCCCC2)c(C)s1. The molecule has 1 fully saturated rings. The van der Waals surface area contributed by atoms with Crippen molar-refractivity contribution in [1.29, 1.82) is 0 Å². The zero-order chi connectivity index (χ0) is 15.3. The van der Waals surface area contributed by atoms with Gasteiger partial charge in [0.15, 0.2) is 0 Å². The van der Waals surface area contributed by atoms with E-state index in [0.717, 1.165) is 16.2 Å². The van der Waals surface area contributed by atoms with Crippen LogP contribution in [0.25, 0.3) is 0 Å². The van der Waals surface area contributed by atoms with Crippen molar-refractivity contribution in [1.82, 2.24) is 10.0 Å². The normalized spacial score (nSPS) is 17.2. The summed E-state index contributed by atoms with van der Waals surface area (Å²) < 4.78 is 27.6. The molecule has 0 atom stereocenters. The quantitative estimate of drug-likeness (QED) is 0.808. The van der Waals surface area contributed by atoms with Crippen molar-refractivity contribution in [2.24, 2.45) is 5.92 Å². The minimum atomic E-state index is -3.36. The fourth-order valence-corrected chi connectivity index (χ4v) is 5.70. The molecule has 1 aromatic rings. The maximum Gasteiger partial charge on any atom is 0.241 e. The highest BCUT2D eigenvalue weighted by Gasteiger charge is 2.20. The monoisotopic (exact) mass is 330 g/mol. The Bertz CT molecular complexity index is 546. The van der Waals surface area contributed by atoms with E-state index in [1.165, 1.54) is 32.1 Å². The van der Waals surface area contributed by atoms with Gasteiger partial charge in [0.2, 0.25) is 10.0 Å². The van der Waals surface area contributed by atoms with Crippen LogP contribution in [0.5, 0.6) is 0 Å². The Morgan fingerprint density at radius 1 is 1.29 bits per heavy atom. The van der Waals surface area contributed by atoms with Crippen molar-refractivity contribution < 1.29 is 8.42 Å². The molecule has 2 N–H and O–H groups in total. The Morgan fingerprint density at radius 2 is 2.00 bits per heavy atom. The Labute approximate surface area is 132 Å². The number of thiophene rings is 1. The summed E-state index contributed by atoms with van der Waals surface area (Å²) in [5.74, 6) is 0.699. The first-order valence-electron chi connectivity index (χ1n) is 7.76. The molecule has 2 rings (SSSR count). The van der Waals surface area contributed by atoms with E-state index in [1.54, 1.807) is 17.4 Å². The minimum Gasteiger partial charge on any atom is -0.315 e. The number of nitrogens with one attached hydrogen (secondary N) is 2. The zero-order valence-electron chi connectivity index (χ0n) is 12.9. The molecular weight excluding hydrogens is 304 g/mol. The highest BCUT2D eigenvalue weighted by molar-refractivity contribution is 7.89. The minimum absolute atomic E-state index is 0.446. The van der Waals surface area contributed by atoms with Gasteiger partial charge in [0.1, 0.15) is 0 Å². The molecule has 4 nitrogen and oxygen atoms in total. The van der Waals surface area contributed by atoms with Gasteiger partial charge < -0.3 is 5.32 Å². The molecule has 21 heavy (non-hydrogen) atoms. The van der Waals surface area contributed by atoms with Gasteiger partial charge in [0, 0.05) is 22.8 Å². The zero-order valence-corrected chi connectivity index (χ0v) is 14.6. The van der Waals surface area contributed by atoms with Crippen LogP contribution in [0.2, 0.25) is 0 Å². The smallest absolute Gasteiger partial charge is 0.241 e. The summed E-state index contributed by atoms with van der Waals surface area (Å²) in [6.07, 6.45) is 7.41. The largest absolute Gasteiger partial charge is 0.315 e. The first-order valence-corrected chi connectivity index (χ1v) is 10.1. The van der Waals surface area contributed by atoms with Crippen molar-refractivity contribution in [3.63, 3.8) is 0 Å². The van der Waals surface area contributed by atoms with E-state index in [9.17, 15) is 8.42 Å². The van der Waals surface area contributed by atoms with Crippen LogP contribution in [-0.4, -0.2) is 22.0 Å². The first kappa shape index (κ1) is 16.9. The number of hydrogen-bond donors (Lipinski definition) is 2. The van der Waals surface area contributed by atoms with Gasteiger partial charge in [0.25, 0.3) is 0 Å². The standard InChI is InChI=1S/C15H26N2O2S2/c1-12-15(10-14(20-12)11-16-2)21(18,19)17-9-8-13-6-4-3-5-7-13/h10,13,16-17H,3-9,11H2,1-2H3. The second-order valence-corrected chi connectivity index (χ2v) is 8.93. The Morgan fingerprint density at radius 3 is 2.67 bits per heavy atom. The van der Waals surface area contributed by atoms with E-state index in [4.69, 9.17) is 0 Å². The Hall–Kier alpha value is -0.430. The summed E-state index contributed by atoms with van der Waals surface area (Å²) in [5, 5.41) is 3.06. The topological polar surface area (TPSA) is 58.2 Å². The molecular formula is C15H26N2O2S2. The molecule has 0 radical (unpaired) electrons. The van der Waals surface area contributed by atoms with Gasteiger partial charge in [-0.25, -0.2) is 13.1 Å². The summed E-state index contributed by atoms with van der Waals surface area (Å²) in [4.78, 5) is 2.37. The molecule has 1 heterocycles. The highest BCUT2D eigenvalue weighted by atomic mass is 32.2. The van der Waals surface area contributed by atoms with Crippen LogP contribution in [0.15, 0.2) is 11.0 Å². The van der Waals surface area contributed by atoms with Gasteiger partial charge in [-0.15, -0.1) is 11.3 Å². The molecule has 1 aromatic heterocycles. The number of sulfonamides is 1. The lowest BCUT2D eigenvalue weighted by Gasteiger charge is -2.21. The summed E-state index contributed by atoms with van der Waals surface area (Å²) >= 11 is 1.55. The van der Waals surface area contributed by atoms with E-state index >= 15 is 0 Å². The highest BCUT2D eigenvalue weighted by Crippen LogP contribution is 2.27. The second kappa shape index (κ2) is 7.72. The third-order valence-electron chi connectivity index (χ3n) is 4.13. The third kappa shape index (κ3) is 4.77. The molecule has 0 aromatic carbocycles. The first-order chi connectivity index (χ1) is 10.0. The van der Waals surface area contributed by atoms with E-state index in [1.807, 2.05) is 14.0 Å². The van der Waals surface area contributed by atoms with E-state index in [0.29, 0.717) is 23.9 Å². The molecule has 0 aliphatic heterocycles. The lowest BCUT2D eigenvalue weighted by molar-refractivity contribution is 0.339. The lowest BCUT2D eigenvalue weighted by Crippen LogP contribution is -2.26. The van der Waals surface area contributed by atoms with Crippen LogP contribution in [0.1, 0.15) is 48.3 Å². The van der Waals surface area contributed by atoms with Crippen LogP contribution in [-0.2, 0) is 16.6 Å². The van der Waals surface area contributed by atoms with Gasteiger partial charge in [-0.3, -0.25) is 0 Å². The van der Waals surface area contributed by atoms with Crippen molar-refractivity contribution in [3.05, 3.63) is 15.8 Å². The van der Waals surface area contributed by atoms with Crippen LogP contribution in [0.3, 0.4) is 0 Å². The molecule has 0 bridgehead atoms. The van der Waals surface area contributed by atoms with Crippen LogP contribution < -0.4 is 10.0 Å². The molecule has 1 aliphatic rings. The van der Waals surface area contributed by atoms with Gasteiger partial charge in [-0.1, -0.05) is 32.1 Å². The molecule has 0 unspecified atom stereocenters. The average molecular weight is 331 g/mol. The van der Waals surface area contributed by atoms with Crippen LogP contribution in [0.4, 0.5) is 0 Å². The summed E-state index contributed by atoms with van der Waals surface area (Å²) in [7, 11) is -1.49. The van der Waals surface area contributed by atoms with Gasteiger partial charge in [-0.2, -0.15) is 0 Å². The van der Waals surface area contributed by atoms with Crippen LogP contribution >= 0.6 is 11.3 Å². The number of hydrogen-bond acceptors (Lipinski definition) is 4. The molecule has 6 heteroatoms. The molecule has 0 amide bonds. The van der Waals surface area contributed by atoms with Crippen molar-refractivity contribution in [2.75, 3.05) is 13.6 Å². The predicted octanol–water partition coefficient (Wildman–Crippen LogP) is 3.02. The lowest BCUT2D eigenvalue weighted by atomic mass is 9.87. The van der Waals surface area contributed by atoms with Crippen molar-refractivity contribution in [2.45, 2.75) is 56.9 Å². The van der Waals surface area contributed by atoms with Gasteiger partial charge >= 0.3 is 0 Å². The summed E-state index contributed by atoms with van der Waals surface area (Å²) in [5.41, 5.74) is 0. The van der Waals surface area contributed by atoms with Gasteiger partial charge in [-0.05, 0) is 32.4 Å². The van der Waals surface area contributed by atoms with E-state index < -0.39 is 10.0 Å². The molecule has 1 saturated carbocycles. The Kier molecular flexibility index (Phi) is 6.22. The molecule has 0 spiro atoms. The third-order valence-corrected chi connectivity index (χ3v) is 6.90. The molecule has 120 valence electrons. The van der Waals surface area contributed by atoms with Crippen molar-refractivity contribution in [3.8, 4) is 0 Å². The summed E-state index contributed by atoms with van der Waals surface area (Å²) in [6, 6.07) is 1.79. The van der Waals surface area contributed by atoms with E-state index in [-0.39, 0.29) is 0 Å². The predicted molar refractivity (Wildman–Crippen MR) is 88.2 cm³/mol. The number of rotatable bonds is 7. The van der Waals surface area contributed by atoms with Crippen molar-refractivity contribution >= 4 is 21.4 Å². The fraction of sp³-hybridized carbons (Fsp3) is 0.733. The Balaban J connectivity index is 1.91. The van der Waals surface area contributed by atoms with Gasteiger partial charge in [0.05, 0.1) is 4.90 Å². The molecule has 0 saturated heterocycles. The number of aryl methyl sites for hydroxylation is 1. The van der Waals surface area contributed by atoms with Crippen LogP contribution in [0, 0.1) is 12.8 Å². The van der Waals surface area contributed by atoms with E-state index in [2.05, 4.69) is 10.0 Å². The maximum atomic E-state index is 12.4.